The molecule has 1 aromatic heterocycles. The fourth-order valence-electron chi connectivity index (χ4n) is 2.23. The Morgan fingerprint density at radius 1 is 1.29 bits per heavy atom. The number of rotatable bonds is 6. The Balaban J connectivity index is 2.25. The van der Waals surface area contributed by atoms with Gasteiger partial charge in [0.15, 0.2) is 0 Å². The van der Waals surface area contributed by atoms with E-state index in [-0.39, 0.29) is 6.04 Å². The molecule has 0 aliphatic carbocycles. The van der Waals surface area contributed by atoms with Gasteiger partial charge in [0.1, 0.15) is 0 Å². The number of nitrogens with zero attached hydrogens (tertiary/aromatic N) is 1. The second kappa shape index (κ2) is 7.92. The van der Waals surface area contributed by atoms with Gasteiger partial charge in [-0.1, -0.05) is 36.7 Å². The maximum absolute atomic E-state index is 6.45. The molecule has 0 fully saturated rings. The standard InChI is InChI=1S/C17H20BrClN2/c1-3-9-20-16(10-13-8-7-12(2)11-21-13)14-5-4-6-15(18)17(14)19/h4-8,11,16,20H,3,9-10H2,1-2H3. The van der Waals surface area contributed by atoms with Gasteiger partial charge >= 0.3 is 0 Å². The van der Waals surface area contributed by atoms with Crippen molar-refractivity contribution in [3.63, 3.8) is 0 Å². The van der Waals surface area contributed by atoms with E-state index in [1.807, 2.05) is 18.3 Å². The van der Waals surface area contributed by atoms with E-state index in [9.17, 15) is 0 Å². The predicted molar refractivity (Wildman–Crippen MR) is 92.9 cm³/mol. The molecule has 0 saturated heterocycles. The molecule has 1 unspecified atom stereocenters. The largest absolute Gasteiger partial charge is 0.310 e. The maximum Gasteiger partial charge on any atom is 0.0595 e. The Bertz CT molecular complexity index is 584. The summed E-state index contributed by atoms with van der Waals surface area (Å²) in [6.07, 6.45) is 3.83. The number of aryl methyl sites for hydroxylation is 1. The van der Waals surface area contributed by atoms with Crippen molar-refractivity contribution in [1.82, 2.24) is 10.3 Å². The first-order chi connectivity index (χ1) is 10.1. The zero-order valence-electron chi connectivity index (χ0n) is 12.4. The van der Waals surface area contributed by atoms with Crippen LogP contribution in [0.1, 0.15) is 36.2 Å². The minimum atomic E-state index is 0.171. The normalized spacial score (nSPS) is 12.4. The molecule has 21 heavy (non-hydrogen) atoms. The molecule has 0 bridgehead atoms. The molecule has 0 spiro atoms. The molecular formula is C17H20BrClN2. The van der Waals surface area contributed by atoms with E-state index in [0.29, 0.717) is 0 Å². The molecular weight excluding hydrogens is 348 g/mol. The molecule has 4 heteroatoms. The molecule has 2 nitrogen and oxygen atoms in total. The lowest BCUT2D eigenvalue weighted by Crippen LogP contribution is -2.24. The highest BCUT2D eigenvalue weighted by molar-refractivity contribution is 9.10. The van der Waals surface area contributed by atoms with Gasteiger partial charge in [-0.05, 0) is 59.1 Å². The average molecular weight is 368 g/mol. The molecule has 0 amide bonds. The highest BCUT2D eigenvalue weighted by Crippen LogP contribution is 2.31. The van der Waals surface area contributed by atoms with Crippen molar-refractivity contribution in [3.8, 4) is 0 Å². The minimum absolute atomic E-state index is 0.171. The first-order valence-corrected chi connectivity index (χ1v) is 8.37. The van der Waals surface area contributed by atoms with Crippen molar-refractivity contribution in [3.05, 3.63) is 62.8 Å². The smallest absolute Gasteiger partial charge is 0.0595 e. The van der Waals surface area contributed by atoms with Crippen LogP contribution in [-0.4, -0.2) is 11.5 Å². The number of hydrogen-bond acceptors (Lipinski definition) is 2. The summed E-state index contributed by atoms with van der Waals surface area (Å²) >= 11 is 9.95. The molecule has 112 valence electrons. The Labute approximate surface area is 140 Å². The van der Waals surface area contributed by atoms with Gasteiger partial charge < -0.3 is 5.32 Å². The first-order valence-electron chi connectivity index (χ1n) is 7.20. The predicted octanol–water partition coefficient (Wildman–Crippen LogP) is 5.09. The summed E-state index contributed by atoms with van der Waals surface area (Å²) in [4.78, 5) is 4.51. The SMILES string of the molecule is CCCNC(Cc1ccc(C)cn1)c1cccc(Br)c1Cl. The summed E-state index contributed by atoms with van der Waals surface area (Å²) in [5.74, 6) is 0. The summed E-state index contributed by atoms with van der Waals surface area (Å²) < 4.78 is 0.932. The van der Waals surface area contributed by atoms with Gasteiger partial charge in [-0.25, -0.2) is 0 Å². The minimum Gasteiger partial charge on any atom is -0.310 e. The molecule has 1 atom stereocenters. The summed E-state index contributed by atoms with van der Waals surface area (Å²) in [5, 5.41) is 4.35. The number of pyridine rings is 1. The lowest BCUT2D eigenvalue weighted by Gasteiger charge is -2.20. The Morgan fingerprint density at radius 2 is 2.10 bits per heavy atom. The quantitative estimate of drug-likeness (QED) is 0.769. The molecule has 1 aromatic carbocycles. The van der Waals surface area contributed by atoms with Gasteiger partial charge in [0.2, 0.25) is 0 Å². The second-order valence-electron chi connectivity index (χ2n) is 5.18. The van der Waals surface area contributed by atoms with Crippen LogP contribution in [0.4, 0.5) is 0 Å². The van der Waals surface area contributed by atoms with Gasteiger partial charge in [-0.15, -0.1) is 0 Å². The molecule has 0 saturated carbocycles. The monoisotopic (exact) mass is 366 g/mol. The van der Waals surface area contributed by atoms with Crippen LogP contribution in [0.3, 0.4) is 0 Å². The zero-order valence-corrected chi connectivity index (χ0v) is 14.7. The topological polar surface area (TPSA) is 24.9 Å². The molecule has 0 radical (unpaired) electrons. The van der Waals surface area contributed by atoms with Gasteiger partial charge in [0.25, 0.3) is 0 Å². The van der Waals surface area contributed by atoms with Crippen LogP contribution >= 0.6 is 27.5 Å². The average Bonchev–Trinajstić information content (AvgIpc) is 2.48. The van der Waals surface area contributed by atoms with E-state index in [1.165, 1.54) is 5.56 Å². The van der Waals surface area contributed by atoms with Crippen molar-refractivity contribution in [2.45, 2.75) is 32.7 Å². The van der Waals surface area contributed by atoms with Gasteiger partial charge in [-0.3, -0.25) is 4.98 Å². The fraction of sp³-hybridized carbons (Fsp3) is 0.353. The highest BCUT2D eigenvalue weighted by atomic mass is 79.9. The van der Waals surface area contributed by atoms with E-state index >= 15 is 0 Å². The van der Waals surface area contributed by atoms with Crippen LogP contribution in [0.2, 0.25) is 5.02 Å². The van der Waals surface area contributed by atoms with E-state index < -0.39 is 0 Å². The summed E-state index contributed by atoms with van der Waals surface area (Å²) in [5.41, 5.74) is 3.37. The van der Waals surface area contributed by atoms with Gasteiger partial charge in [0.05, 0.1) is 5.02 Å². The molecule has 1 N–H and O–H groups in total. The number of nitrogens with one attached hydrogen (secondary N) is 1. The summed E-state index contributed by atoms with van der Waals surface area (Å²) in [6, 6.07) is 10.4. The van der Waals surface area contributed by atoms with Gasteiger partial charge in [-0.2, -0.15) is 0 Å². The molecule has 2 rings (SSSR count). The van der Waals surface area contributed by atoms with Crippen LogP contribution in [-0.2, 0) is 6.42 Å². The van der Waals surface area contributed by atoms with E-state index in [1.54, 1.807) is 0 Å². The van der Waals surface area contributed by atoms with Crippen LogP contribution in [0.25, 0.3) is 0 Å². The summed E-state index contributed by atoms with van der Waals surface area (Å²) in [7, 11) is 0. The van der Waals surface area contributed by atoms with E-state index in [0.717, 1.165) is 40.1 Å². The van der Waals surface area contributed by atoms with Crippen LogP contribution in [0, 0.1) is 6.92 Å². The summed E-state index contributed by atoms with van der Waals surface area (Å²) in [6.45, 7) is 5.17. The number of aromatic nitrogens is 1. The van der Waals surface area contributed by atoms with Crippen molar-refractivity contribution in [2.75, 3.05) is 6.54 Å². The fourth-order valence-corrected chi connectivity index (χ4v) is 2.87. The molecule has 1 heterocycles. The van der Waals surface area contributed by atoms with Crippen molar-refractivity contribution < 1.29 is 0 Å². The molecule has 2 aromatic rings. The third-order valence-electron chi connectivity index (χ3n) is 3.38. The third-order valence-corrected chi connectivity index (χ3v) is 4.69. The van der Waals surface area contributed by atoms with Crippen LogP contribution < -0.4 is 5.32 Å². The maximum atomic E-state index is 6.45. The molecule has 0 aliphatic heterocycles. The van der Waals surface area contributed by atoms with Crippen molar-refractivity contribution in [2.24, 2.45) is 0 Å². The number of hydrogen-bond donors (Lipinski definition) is 1. The van der Waals surface area contributed by atoms with Crippen LogP contribution in [0.5, 0.6) is 0 Å². The Hall–Kier alpha value is -0.900. The zero-order chi connectivity index (χ0) is 15.2. The Kier molecular flexibility index (Phi) is 6.22. The number of benzene rings is 1. The van der Waals surface area contributed by atoms with Crippen molar-refractivity contribution >= 4 is 27.5 Å². The third kappa shape index (κ3) is 4.53. The number of halogens is 2. The second-order valence-corrected chi connectivity index (χ2v) is 6.41. The van der Waals surface area contributed by atoms with Gasteiger partial charge in [0, 0.05) is 28.8 Å². The van der Waals surface area contributed by atoms with Crippen LogP contribution in [0.15, 0.2) is 41.0 Å². The van der Waals surface area contributed by atoms with Crippen molar-refractivity contribution in [1.29, 1.82) is 0 Å². The van der Waals surface area contributed by atoms with E-state index in [4.69, 9.17) is 11.6 Å². The molecule has 0 aliphatic rings. The highest BCUT2D eigenvalue weighted by Gasteiger charge is 2.16. The van der Waals surface area contributed by atoms with E-state index in [2.05, 4.69) is 58.3 Å². The lowest BCUT2D eigenvalue weighted by atomic mass is 10.0. The first kappa shape index (κ1) is 16.5. The lowest BCUT2D eigenvalue weighted by molar-refractivity contribution is 0.524. The Morgan fingerprint density at radius 3 is 2.76 bits per heavy atom.